The fraction of sp³-hybridized carbons (Fsp3) is 0.455. The van der Waals surface area contributed by atoms with Crippen LogP contribution in [0.3, 0.4) is 0 Å². The number of hydrogen-bond acceptors (Lipinski definition) is 7. The van der Waals surface area contributed by atoms with E-state index in [0.717, 1.165) is 56.5 Å². The van der Waals surface area contributed by atoms with Crippen LogP contribution in [0.2, 0.25) is 0 Å². The van der Waals surface area contributed by atoms with E-state index in [0.29, 0.717) is 25.2 Å². The Morgan fingerprint density at radius 1 is 0.762 bits per heavy atom. The maximum absolute atomic E-state index is 12.0. The van der Waals surface area contributed by atoms with Crippen LogP contribution >= 0.6 is 21.6 Å². The summed E-state index contributed by atoms with van der Waals surface area (Å²) in [5.41, 5.74) is 0.657. The summed E-state index contributed by atoms with van der Waals surface area (Å²) < 4.78 is 0. The van der Waals surface area contributed by atoms with E-state index in [1.165, 1.54) is 13.3 Å². The van der Waals surface area contributed by atoms with Gasteiger partial charge in [0.2, 0.25) is 5.91 Å². The molecule has 0 bridgehead atoms. The molecule has 2 N–H and O–H groups in total. The van der Waals surface area contributed by atoms with Gasteiger partial charge in [-0.1, -0.05) is 113 Å². The van der Waals surface area contributed by atoms with Crippen molar-refractivity contribution in [3.63, 3.8) is 0 Å². The Hall–Kier alpha value is -3.04. The van der Waals surface area contributed by atoms with Gasteiger partial charge < -0.3 is 15.5 Å². The van der Waals surface area contributed by atoms with E-state index in [1.807, 2.05) is 0 Å². The van der Waals surface area contributed by atoms with Crippen LogP contribution in [0.4, 0.5) is 0 Å². The minimum Gasteiger partial charge on any atom is -0.399 e. The highest BCUT2D eigenvalue weighted by Crippen LogP contribution is 2.19. The molecular formula is C33H50N4O3S2. The van der Waals surface area contributed by atoms with Crippen molar-refractivity contribution in [2.45, 2.75) is 65.2 Å². The normalized spacial score (nSPS) is 12.8. The summed E-state index contributed by atoms with van der Waals surface area (Å²) in [6, 6.07) is 0. The first kappa shape index (κ1) is 39.0. The number of carbonyl (C=O) groups excluding carboxylic acids is 2. The van der Waals surface area contributed by atoms with Crippen molar-refractivity contribution in [1.82, 2.24) is 10.6 Å². The van der Waals surface area contributed by atoms with E-state index in [-0.39, 0.29) is 17.5 Å². The summed E-state index contributed by atoms with van der Waals surface area (Å²) >= 11 is 0. The molecule has 0 aliphatic carbocycles. The van der Waals surface area contributed by atoms with E-state index < -0.39 is 0 Å². The lowest BCUT2D eigenvalue weighted by atomic mass is 10.2. The van der Waals surface area contributed by atoms with Gasteiger partial charge in [0.05, 0.1) is 11.9 Å². The first-order valence-electron chi connectivity index (χ1n) is 14.5. The predicted octanol–water partition coefficient (Wildman–Crippen LogP) is 7.68. The molecule has 0 radical (unpaired) electrons. The Morgan fingerprint density at radius 3 is 1.74 bits per heavy atom. The second-order valence-corrected chi connectivity index (χ2v) is 11.5. The number of hydrogen-bond donors (Lipinski definition) is 2. The fourth-order valence-corrected chi connectivity index (χ4v) is 4.81. The van der Waals surface area contributed by atoms with Gasteiger partial charge in [0.1, 0.15) is 12.8 Å². The average Bonchev–Trinajstić information content (AvgIpc) is 2.98. The Bertz CT molecular complexity index is 980. The van der Waals surface area contributed by atoms with E-state index in [1.54, 1.807) is 28.5 Å². The molecule has 0 heterocycles. The second kappa shape index (κ2) is 30.9. The third-order valence-corrected chi connectivity index (χ3v) is 7.51. The lowest BCUT2D eigenvalue weighted by Gasteiger charge is -2.05. The van der Waals surface area contributed by atoms with Gasteiger partial charge in [-0.25, -0.2) is 4.99 Å². The summed E-state index contributed by atoms with van der Waals surface area (Å²) in [4.78, 5) is 32.5. The monoisotopic (exact) mass is 614 g/mol. The van der Waals surface area contributed by atoms with Gasteiger partial charge in [-0.05, 0) is 51.9 Å². The van der Waals surface area contributed by atoms with Crippen molar-refractivity contribution in [3.05, 3.63) is 85.2 Å². The number of carbonyl (C=O) groups is 2. The van der Waals surface area contributed by atoms with Crippen molar-refractivity contribution in [2.24, 2.45) is 10.1 Å². The molecule has 0 aromatic rings. The maximum Gasteiger partial charge on any atom is 0.269 e. The van der Waals surface area contributed by atoms with E-state index >= 15 is 0 Å². The van der Waals surface area contributed by atoms with Gasteiger partial charge in [-0.2, -0.15) is 0 Å². The van der Waals surface area contributed by atoms with Gasteiger partial charge in [-0.3, -0.25) is 9.59 Å². The minimum absolute atomic E-state index is 0.0669. The van der Waals surface area contributed by atoms with Gasteiger partial charge in [0, 0.05) is 31.0 Å². The molecule has 9 heteroatoms. The molecule has 0 aromatic carbocycles. The zero-order valence-corrected chi connectivity index (χ0v) is 27.3. The summed E-state index contributed by atoms with van der Waals surface area (Å²) in [5.74, 6) is 1.30. The van der Waals surface area contributed by atoms with Crippen LogP contribution < -0.4 is 10.6 Å². The van der Waals surface area contributed by atoms with Crippen molar-refractivity contribution >= 4 is 45.3 Å². The largest absolute Gasteiger partial charge is 0.399 e. The molecule has 0 unspecified atom stereocenters. The number of allylic oxidation sites excluding steroid dienone is 12. The molecule has 42 heavy (non-hydrogen) atoms. The smallest absolute Gasteiger partial charge is 0.269 e. The Balaban J connectivity index is 3.65. The quantitative estimate of drug-likeness (QED) is 0.0275. The zero-order chi connectivity index (χ0) is 30.9. The molecule has 0 rings (SSSR count). The second-order valence-electron chi connectivity index (χ2n) is 8.82. The number of amides is 2. The summed E-state index contributed by atoms with van der Waals surface area (Å²) in [6.07, 6.45) is 34.6. The molecule has 0 saturated carbocycles. The van der Waals surface area contributed by atoms with Crippen LogP contribution in [-0.2, 0) is 14.4 Å². The molecule has 0 spiro atoms. The van der Waals surface area contributed by atoms with Crippen LogP contribution in [0, 0.1) is 0 Å². The minimum atomic E-state index is -0.318. The molecule has 0 aliphatic heterocycles. The third kappa shape index (κ3) is 28.5. The number of nitrogens with zero attached hydrogens (tertiary/aromatic N) is 2. The van der Waals surface area contributed by atoms with Gasteiger partial charge in [0.15, 0.2) is 0 Å². The maximum atomic E-state index is 12.0. The standard InChI is InChI=1S/C33H50N4O3S2/c1-5-6-7-8-9-10-11-12-13-14-15-16-17-18-19-20-21-22-23-24-32(38)34-25-27-41-42-28-26-35-33(39)31(3)36-29-30(2)37-40-4/h6-7,9-10,12-13,15-16,18-19,21-22,29H,3,5,8,11,14,17,20,23-28H2,1-2,4H3,(H,34,38)(H,35,39)/b7-6-,10-9-,13-12-,16-15-,19-18-,22-21-,36-29?,37-30+. The van der Waals surface area contributed by atoms with Crippen molar-refractivity contribution in [2.75, 3.05) is 31.7 Å². The highest BCUT2D eigenvalue weighted by atomic mass is 33.1. The molecule has 232 valence electrons. The summed E-state index contributed by atoms with van der Waals surface area (Å²) in [7, 11) is 4.75. The first-order chi connectivity index (χ1) is 20.5. The van der Waals surface area contributed by atoms with Gasteiger partial charge >= 0.3 is 0 Å². The molecule has 0 aliphatic rings. The van der Waals surface area contributed by atoms with Gasteiger partial charge in [0.25, 0.3) is 5.91 Å². The molecule has 2 amide bonds. The molecule has 0 fully saturated rings. The van der Waals surface area contributed by atoms with E-state index in [2.05, 4.69) is 112 Å². The third-order valence-electron chi connectivity index (χ3n) is 5.10. The Morgan fingerprint density at radius 2 is 1.24 bits per heavy atom. The average molecular weight is 615 g/mol. The Labute approximate surface area is 262 Å². The molecule has 0 saturated heterocycles. The topological polar surface area (TPSA) is 92.2 Å². The van der Waals surface area contributed by atoms with Crippen LogP contribution in [0.25, 0.3) is 0 Å². The summed E-state index contributed by atoms with van der Waals surface area (Å²) in [6.45, 7) is 8.63. The molecule has 0 atom stereocenters. The molecule has 7 nitrogen and oxygen atoms in total. The van der Waals surface area contributed by atoms with Crippen molar-refractivity contribution in [3.8, 4) is 0 Å². The SMILES string of the molecule is C=C(N=C/C(C)=N/OC)C(=O)NCCSSCCNC(=O)CC/C=C\C/C=C\C/C=C\C/C=C\C/C=C\C/C=C\CC. The zero-order valence-electron chi connectivity index (χ0n) is 25.6. The molecular weight excluding hydrogens is 565 g/mol. The number of aliphatic imine (C=N–C) groups is 1. The van der Waals surface area contributed by atoms with Crippen LogP contribution in [0.5, 0.6) is 0 Å². The summed E-state index contributed by atoms with van der Waals surface area (Å²) in [5, 5.41) is 9.39. The van der Waals surface area contributed by atoms with Crippen LogP contribution in [0.15, 0.2) is 95.3 Å². The number of rotatable bonds is 25. The fourth-order valence-electron chi connectivity index (χ4n) is 3.00. The predicted molar refractivity (Wildman–Crippen MR) is 186 cm³/mol. The van der Waals surface area contributed by atoms with E-state index in [9.17, 15) is 9.59 Å². The lowest BCUT2D eigenvalue weighted by molar-refractivity contribution is -0.121. The Kier molecular flexibility index (Phi) is 28.7. The van der Waals surface area contributed by atoms with Gasteiger partial charge in [-0.15, -0.1) is 0 Å². The highest BCUT2D eigenvalue weighted by molar-refractivity contribution is 8.76. The van der Waals surface area contributed by atoms with Crippen LogP contribution in [0.1, 0.15) is 65.2 Å². The lowest BCUT2D eigenvalue weighted by Crippen LogP contribution is -2.26. The number of oxime groups is 1. The van der Waals surface area contributed by atoms with Crippen molar-refractivity contribution in [1.29, 1.82) is 0 Å². The highest BCUT2D eigenvalue weighted by Gasteiger charge is 2.04. The first-order valence-corrected chi connectivity index (χ1v) is 17.0. The van der Waals surface area contributed by atoms with Crippen molar-refractivity contribution < 1.29 is 14.4 Å². The van der Waals surface area contributed by atoms with Crippen LogP contribution in [-0.4, -0.2) is 55.4 Å². The van der Waals surface area contributed by atoms with E-state index in [4.69, 9.17) is 0 Å². The molecule has 0 aromatic heterocycles. The number of nitrogens with one attached hydrogen (secondary N) is 2.